The Kier molecular flexibility index (Phi) is 5.90. The lowest BCUT2D eigenvalue weighted by Gasteiger charge is -2.28. The third-order valence-corrected chi connectivity index (χ3v) is 3.84. The largest absolute Gasteiger partial charge is 0.336 e. The zero-order valence-electron chi connectivity index (χ0n) is 12.7. The monoisotopic (exact) mass is 330 g/mol. The number of rotatable bonds is 3. The smallest absolute Gasteiger partial charge is 0.254 e. The van der Waals surface area contributed by atoms with E-state index < -0.39 is 0 Å². The van der Waals surface area contributed by atoms with Crippen LogP contribution in [-0.2, 0) is 0 Å². The molecule has 0 aliphatic carbocycles. The van der Waals surface area contributed by atoms with Crippen LogP contribution in [0, 0.1) is 0 Å². The molecule has 4 nitrogen and oxygen atoms in total. The Morgan fingerprint density at radius 1 is 0.826 bits per heavy atom. The van der Waals surface area contributed by atoms with Crippen LogP contribution in [0.25, 0.3) is 0 Å². The standard InChI is InChI=1S/C18H18N2O2.ClH/c21-17(14-6-2-1-3-7-14)15-8-4-5-9-16(15)18(22)20-12-10-19-11-13-20;/h1-9,19H,10-13H2;1H. The van der Waals surface area contributed by atoms with E-state index in [4.69, 9.17) is 0 Å². The second-order valence-corrected chi connectivity index (χ2v) is 5.28. The van der Waals surface area contributed by atoms with Gasteiger partial charge in [0.25, 0.3) is 5.91 Å². The average molecular weight is 331 g/mol. The SMILES string of the molecule is Cl.O=C(c1ccccc1)c1ccccc1C(=O)N1CCNCC1. The van der Waals surface area contributed by atoms with Gasteiger partial charge in [0.15, 0.2) is 5.78 Å². The molecule has 1 aliphatic rings. The summed E-state index contributed by atoms with van der Waals surface area (Å²) >= 11 is 0. The molecular formula is C18H19ClN2O2. The van der Waals surface area contributed by atoms with Gasteiger partial charge in [0.05, 0.1) is 5.56 Å². The van der Waals surface area contributed by atoms with Crippen molar-refractivity contribution in [1.29, 1.82) is 0 Å². The quantitative estimate of drug-likeness (QED) is 0.879. The summed E-state index contributed by atoms with van der Waals surface area (Å²) in [5.74, 6) is -0.180. The highest BCUT2D eigenvalue weighted by atomic mass is 35.5. The number of ketones is 1. The number of hydrogen-bond donors (Lipinski definition) is 1. The van der Waals surface area contributed by atoms with Gasteiger partial charge in [-0.3, -0.25) is 9.59 Å². The highest BCUT2D eigenvalue weighted by Crippen LogP contribution is 2.17. The van der Waals surface area contributed by atoms with E-state index in [1.807, 2.05) is 18.2 Å². The van der Waals surface area contributed by atoms with Crippen molar-refractivity contribution in [1.82, 2.24) is 10.2 Å². The summed E-state index contributed by atoms with van der Waals surface area (Å²) in [4.78, 5) is 27.2. The van der Waals surface area contributed by atoms with Gasteiger partial charge in [0, 0.05) is 37.3 Å². The fourth-order valence-corrected chi connectivity index (χ4v) is 2.65. The van der Waals surface area contributed by atoms with Crippen molar-refractivity contribution in [3.05, 3.63) is 71.3 Å². The number of piperazine rings is 1. The van der Waals surface area contributed by atoms with E-state index in [9.17, 15) is 9.59 Å². The molecule has 1 heterocycles. The molecule has 0 spiro atoms. The molecular weight excluding hydrogens is 312 g/mol. The number of benzene rings is 2. The van der Waals surface area contributed by atoms with Gasteiger partial charge in [-0.1, -0.05) is 48.5 Å². The highest BCUT2D eigenvalue weighted by Gasteiger charge is 2.23. The third-order valence-electron chi connectivity index (χ3n) is 3.84. The van der Waals surface area contributed by atoms with Gasteiger partial charge in [-0.05, 0) is 6.07 Å². The molecule has 0 aromatic heterocycles. The Morgan fingerprint density at radius 3 is 2.04 bits per heavy atom. The second kappa shape index (κ2) is 7.90. The fourth-order valence-electron chi connectivity index (χ4n) is 2.65. The summed E-state index contributed by atoms with van der Waals surface area (Å²) in [7, 11) is 0. The number of halogens is 1. The van der Waals surface area contributed by atoms with Crippen molar-refractivity contribution in [3.8, 4) is 0 Å². The summed E-state index contributed by atoms with van der Waals surface area (Å²) in [6.45, 7) is 2.93. The maximum Gasteiger partial charge on any atom is 0.254 e. The molecule has 0 saturated carbocycles. The van der Waals surface area contributed by atoms with Gasteiger partial charge in [-0.2, -0.15) is 0 Å². The maximum atomic E-state index is 12.7. The van der Waals surface area contributed by atoms with Gasteiger partial charge >= 0.3 is 0 Å². The van der Waals surface area contributed by atoms with E-state index in [2.05, 4.69) is 5.32 Å². The molecule has 2 aromatic carbocycles. The number of amides is 1. The van der Waals surface area contributed by atoms with E-state index >= 15 is 0 Å². The first kappa shape index (κ1) is 17.2. The van der Waals surface area contributed by atoms with Crippen molar-refractivity contribution in [2.24, 2.45) is 0 Å². The predicted molar refractivity (Wildman–Crippen MR) is 92.3 cm³/mol. The zero-order valence-corrected chi connectivity index (χ0v) is 13.5. The van der Waals surface area contributed by atoms with Crippen LogP contribution < -0.4 is 5.32 Å². The molecule has 1 amide bonds. The summed E-state index contributed by atoms with van der Waals surface area (Å²) < 4.78 is 0. The number of hydrogen-bond acceptors (Lipinski definition) is 3. The Balaban J connectivity index is 0.00000192. The zero-order chi connectivity index (χ0) is 15.4. The maximum absolute atomic E-state index is 12.7. The number of nitrogens with zero attached hydrogens (tertiary/aromatic N) is 1. The summed E-state index contributed by atoms with van der Waals surface area (Å²) in [5.41, 5.74) is 1.55. The average Bonchev–Trinajstić information content (AvgIpc) is 2.62. The van der Waals surface area contributed by atoms with Crippen molar-refractivity contribution in [3.63, 3.8) is 0 Å². The number of carbonyl (C=O) groups is 2. The Labute approximate surface area is 141 Å². The van der Waals surface area contributed by atoms with E-state index in [-0.39, 0.29) is 24.1 Å². The summed E-state index contributed by atoms with van der Waals surface area (Å²) in [5, 5.41) is 3.22. The van der Waals surface area contributed by atoms with Crippen LogP contribution in [0.3, 0.4) is 0 Å². The van der Waals surface area contributed by atoms with E-state index in [1.54, 1.807) is 41.3 Å². The normalized spacial score (nSPS) is 14.0. The molecule has 5 heteroatoms. The van der Waals surface area contributed by atoms with Crippen LogP contribution in [0.5, 0.6) is 0 Å². The predicted octanol–water partition coefficient (Wildman–Crippen LogP) is 2.38. The van der Waals surface area contributed by atoms with Gasteiger partial charge in [0.2, 0.25) is 0 Å². The van der Waals surface area contributed by atoms with Gasteiger partial charge in [-0.25, -0.2) is 0 Å². The minimum Gasteiger partial charge on any atom is -0.336 e. The Bertz CT molecular complexity index is 682. The van der Waals surface area contributed by atoms with Crippen molar-refractivity contribution in [2.45, 2.75) is 0 Å². The minimum atomic E-state index is -0.111. The lowest BCUT2D eigenvalue weighted by atomic mass is 9.97. The molecule has 1 fully saturated rings. The number of nitrogens with one attached hydrogen (secondary N) is 1. The molecule has 0 unspecified atom stereocenters. The Hall–Kier alpha value is -2.17. The topological polar surface area (TPSA) is 49.4 Å². The van der Waals surface area contributed by atoms with Gasteiger partial charge in [0.1, 0.15) is 0 Å². The first-order valence-corrected chi connectivity index (χ1v) is 7.46. The molecule has 0 radical (unpaired) electrons. The van der Waals surface area contributed by atoms with Crippen molar-refractivity contribution >= 4 is 24.1 Å². The van der Waals surface area contributed by atoms with Crippen LogP contribution >= 0.6 is 12.4 Å². The van der Waals surface area contributed by atoms with E-state index in [1.165, 1.54) is 0 Å². The fraction of sp³-hybridized carbons (Fsp3) is 0.222. The Morgan fingerprint density at radius 2 is 1.39 bits per heavy atom. The second-order valence-electron chi connectivity index (χ2n) is 5.28. The van der Waals surface area contributed by atoms with Crippen LogP contribution in [0.4, 0.5) is 0 Å². The first-order valence-electron chi connectivity index (χ1n) is 7.46. The number of carbonyl (C=O) groups excluding carboxylic acids is 2. The first-order chi connectivity index (χ1) is 10.8. The van der Waals surface area contributed by atoms with Crippen molar-refractivity contribution in [2.75, 3.05) is 26.2 Å². The lowest BCUT2D eigenvalue weighted by molar-refractivity contribution is 0.0732. The molecule has 0 atom stereocenters. The summed E-state index contributed by atoms with van der Waals surface area (Å²) in [6, 6.07) is 16.1. The molecule has 0 bridgehead atoms. The molecule has 1 saturated heterocycles. The molecule has 3 rings (SSSR count). The minimum absolute atomic E-state index is 0. The van der Waals surface area contributed by atoms with Crippen molar-refractivity contribution < 1.29 is 9.59 Å². The molecule has 120 valence electrons. The van der Waals surface area contributed by atoms with Crippen LogP contribution in [0.15, 0.2) is 54.6 Å². The molecule has 1 aliphatic heterocycles. The van der Waals surface area contributed by atoms with Crippen LogP contribution in [0.2, 0.25) is 0 Å². The van der Waals surface area contributed by atoms with Crippen LogP contribution in [0.1, 0.15) is 26.3 Å². The van der Waals surface area contributed by atoms with E-state index in [0.29, 0.717) is 29.8 Å². The third kappa shape index (κ3) is 3.78. The van der Waals surface area contributed by atoms with E-state index in [0.717, 1.165) is 13.1 Å². The van der Waals surface area contributed by atoms with Gasteiger partial charge in [-0.15, -0.1) is 12.4 Å². The molecule has 23 heavy (non-hydrogen) atoms. The molecule has 2 aromatic rings. The van der Waals surface area contributed by atoms with Gasteiger partial charge < -0.3 is 10.2 Å². The molecule has 1 N–H and O–H groups in total. The summed E-state index contributed by atoms with van der Waals surface area (Å²) in [6.07, 6.45) is 0. The lowest BCUT2D eigenvalue weighted by Crippen LogP contribution is -2.46. The van der Waals surface area contributed by atoms with Crippen LogP contribution in [-0.4, -0.2) is 42.8 Å². The highest BCUT2D eigenvalue weighted by molar-refractivity contribution is 6.15.